The predicted octanol–water partition coefficient (Wildman–Crippen LogP) is 3.22. The van der Waals surface area contributed by atoms with E-state index in [9.17, 15) is 22.8 Å². The number of hydrogen-bond acceptors (Lipinski definition) is 5. The lowest BCUT2D eigenvalue weighted by Crippen LogP contribution is -2.44. The van der Waals surface area contributed by atoms with Gasteiger partial charge >= 0.3 is 0 Å². The van der Waals surface area contributed by atoms with Crippen molar-refractivity contribution in [3.05, 3.63) is 65.7 Å². The monoisotopic (exact) mass is 498 g/mol. The predicted molar refractivity (Wildman–Crippen MR) is 134 cm³/mol. The first-order valence-corrected chi connectivity index (χ1v) is 13.6. The summed E-state index contributed by atoms with van der Waals surface area (Å²) in [7, 11) is -3.93. The normalized spacial score (nSPS) is 18.3. The van der Waals surface area contributed by atoms with Gasteiger partial charge < -0.3 is 5.32 Å². The highest BCUT2D eigenvalue weighted by atomic mass is 32.2. The lowest BCUT2D eigenvalue weighted by Gasteiger charge is -2.22. The molecule has 0 spiro atoms. The van der Waals surface area contributed by atoms with Crippen LogP contribution in [0.1, 0.15) is 50.7 Å². The summed E-state index contributed by atoms with van der Waals surface area (Å²) in [6.07, 6.45) is 2.84. The fourth-order valence-corrected chi connectivity index (χ4v) is 5.59. The third-order valence-electron chi connectivity index (χ3n) is 6.14. The van der Waals surface area contributed by atoms with E-state index in [-0.39, 0.29) is 30.1 Å². The molecule has 1 heterocycles. The van der Waals surface area contributed by atoms with Crippen molar-refractivity contribution in [2.45, 2.75) is 63.3 Å². The summed E-state index contributed by atoms with van der Waals surface area (Å²) in [4.78, 5) is 39.0. The quantitative estimate of drug-likeness (QED) is 0.543. The Morgan fingerprint density at radius 2 is 1.74 bits per heavy atom. The van der Waals surface area contributed by atoms with Crippen LogP contribution < -0.4 is 10.0 Å². The van der Waals surface area contributed by atoms with Crippen molar-refractivity contribution >= 4 is 27.5 Å². The molecule has 0 saturated carbocycles. The molecule has 0 saturated heterocycles. The summed E-state index contributed by atoms with van der Waals surface area (Å²) < 4.78 is 28.4. The first-order chi connectivity index (χ1) is 16.7. The van der Waals surface area contributed by atoms with Gasteiger partial charge in [0, 0.05) is 18.9 Å². The first kappa shape index (κ1) is 26.8. The number of amides is 1. The molecule has 2 aromatic carbocycles. The van der Waals surface area contributed by atoms with Crippen LogP contribution in [0.15, 0.2) is 59.5 Å². The molecule has 2 aromatic rings. The van der Waals surface area contributed by atoms with Crippen molar-refractivity contribution in [1.82, 2.24) is 10.0 Å². The van der Waals surface area contributed by atoms with Crippen LogP contribution in [0.3, 0.4) is 0 Å². The number of ketones is 2. The van der Waals surface area contributed by atoms with Gasteiger partial charge in [-0.1, -0.05) is 56.3 Å². The second kappa shape index (κ2) is 12.2. The van der Waals surface area contributed by atoms with Crippen molar-refractivity contribution in [2.24, 2.45) is 11.8 Å². The van der Waals surface area contributed by atoms with Crippen molar-refractivity contribution in [3.8, 4) is 0 Å². The van der Waals surface area contributed by atoms with E-state index in [0.717, 1.165) is 30.4 Å². The highest BCUT2D eigenvalue weighted by Gasteiger charge is 2.33. The molecule has 8 heteroatoms. The van der Waals surface area contributed by atoms with Crippen LogP contribution in [0.2, 0.25) is 0 Å². The van der Waals surface area contributed by atoms with Crippen LogP contribution >= 0.6 is 0 Å². The second-order valence-electron chi connectivity index (χ2n) is 9.59. The highest BCUT2D eigenvalue weighted by Crippen LogP contribution is 2.21. The van der Waals surface area contributed by atoms with Gasteiger partial charge in [0.2, 0.25) is 15.8 Å². The number of carbonyl (C=O) groups is 3. The van der Waals surface area contributed by atoms with E-state index in [4.69, 9.17) is 0 Å². The minimum atomic E-state index is -3.93. The number of Topliss-reactive ketones (excluding diaryl/α,β-unsaturated/α-hetero) is 2. The largest absolute Gasteiger partial charge is 0.349 e. The molecule has 2 bridgehead atoms. The number of sulfonamides is 1. The summed E-state index contributed by atoms with van der Waals surface area (Å²) in [6.45, 7) is 4.20. The minimum Gasteiger partial charge on any atom is -0.349 e. The van der Waals surface area contributed by atoms with E-state index in [1.54, 1.807) is 18.2 Å². The van der Waals surface area contributed by atoms with Crippen molar-refractivity contribution in [2.75, 3.05) is 6.54 Å². The Hall–Kier alpha value is -2.84. The van der Waals surface area contributed by atoms with Crippen molar-refractivity contribution in [3.63, 3.8) is 0 Å². The van der Waals surface area contributed by atoms with Crippen LogP contribution in [0.4, 0.5) is 0 Å². The van der Waals surface area contributed by atoms with Gasteiger partial charge in [-0.2, -0.15) is 0 Å². The fraction of sp³-hybridized carbons (Fsp3) is 0.444. The average Bonchev–Trinajstić information content (AvgIpc) is 2.82. The van der Waals surface area contributed by atoms with Crippen LogP contribution in [-0.4, -0.2) is 38.5 Å². The first-order valence-electron chi connectivity index (χ1n) is 12.2. The van der Waals surface area contributed by atoms with Gasteiger partial charge in [0.25, 0.3) is 5.91 Å². The summed E-state index contributed by atoms with van der Waals surface area (Å²) >= 11 is 0. The molecule has 1 amide bonds. The third kappa shape index (κ3) is 7.83. The average molecular weight is 499 g/mol. The number of nitrogens with one attached hydrogen (secondary N) is 2. The van der Waals surface area contributed by atoms with Gasteiger partial charge in [0.1, 0.15) is 0 Å². The number of rotatable bonds is 8. The van der Waals surface area contributed by atoms with Gasteiger partial charge in [-0.3, -0.25) is 14.4 Å². The molecule has 0 aliphatic carbocycles. The molecule has 0 fully saturated rings. The Labute approximate surface area is 207 Å². The molecular weight excluding hydrogens is 464 g/mol. The van der Waals surface area contributed by atoms with Gasteiger partial charge in [-0.25, -0.2) is 13.1 Å². The van der Waals surface area contributed by atoms with Crippen LogP contribution in [-0.2, 0) is 37.2 Å². The lowest BCUT2D eigenvalue weighted by atomic mass is 9.86. The number of aryl methyl sites for hydroxylation is 1. The van der Waals surface area contributed by atoms with Crippen molar-refractivity contribution in [1.29, 1.82) is 0 Å². The van der Waals surface area contributed by atoms with Crippen LogP contribution in [0.25, 0.3) is 0 Å². The number of carbonyl (C=O) groups excluding carboxylic acids is 3. The van der Waals surface area contributed by atoms with Gasteiger partial charge in [-0.05, 0) is 61.3 Å². The summed E-state index contributed by atoms with van der Waals surface area (Å²) in [5, 5.41) is 2.67. The lowest BCUT2D eigenvalue weighted by molar-refractivity contribution is -0.141. The van der Waals surface area contributed by atoms with Crippen LogP contribution in [0.5, 0.6) is 0 Å². The molecule has 1 aliphatic rings. The van der Waals surface area contributed by atoms with E-state index in [2.05, 4.69) is 10.0 Å². The topological polar surface area (TPSA) is 109 Å². The van der Waals surface area contributed by atoms with E-state index in [1.807, 2.05) is 38.1 Å². The molecule has 35 heavy (non-hydrogen) atoms. The Balaban J connectivity index is 1.85. The second-order valence-corrected chi connectivity index (χ2v) is 11.3. The molecule has 188 valence electrons. The Kier molecular flexibility index (Phi) is 9.34. The van der Waals surface area contributed by atoms with Crippen molar-refractivity contribution < 1.29 is 22.8 Å². The zero-order valence-corrected chi connectivity index (χ0v) is 21.1. The van der Waals surface area contributed by atoms with Gasteiger partial charge in [-0.15, -0.1) is 0 Å². The smallest absolute Gasteiger partial charge is 0.287 e. The minimum absolute atomic E-state index is 0.0365. The number of hydrogen-bond donors (Lipinski definition) is 2. The Morgan fingerprint density at radius 1 is 1.03 bits per heavy atom. The number of benzene rings is 2. The molecule has 0 aromatic heterocycles. The summed E-state index contributed by atoms with van der Waals surface area (Å²) in [5.41, 5.74) is 2.03. The zero-order chi connectivity index (χ0) is 25.4. The SMILES string of the molecule is CC(C)CC(NS(=O)(=O)c1ccccc1)C(=O)CC1Cc2cccc(c2)CCCCNC(=O)C1=O. The summed E-state index contributed by atoms with van der Waals surface area (Å²) in [5.74, 6) is -2.56. The zero-order valence-electron chi connectivity index (χ0n) is 20.3. The maximum absolute atomic E-state index is 13.4. The molecule has 0 radical (unpaired) electrons. The Bertz CT molecular complexity index is 1150. The maximum atomic E-state index is 13.4. The van der Waals surface area contributed by atoms with E-state index in [1.165, 1.54) is 12.1 Å². The molecular formula is C27H34N2O5S. The molecule has 7 nitrogen and oxygen atoms in total. The molecule has 3 rings (SSSR count). The van der Waals surface area contributed by atoms with E-state index >= 15 is 0 Å². The molecule has 2 unspecified atom stereocenters. The van der Waals surface area contributed by atoms with Crippen LogP contribution in [0, 0.1) is 11.8 Å². The van der Waals surface area contributed by atoms with E-state index < -0.39 is 39.5 Å². The number of fused-ring (bicyclic) bond motifs is 2. The standard InChI is InChI=1S/C27H34N2O5S/c1-19(2)15-24(29-35(33,34)23-12-4-3-5-13-23)25(30)18-22-17-21-11-8-10-20(16-21)9-6-7-14-28-27(32)26(22)31/h3-5,8,10-13,16,19,22,24,29H,6-7,9,14-15,17-18H2,1-2H3,(H,28,32). The third-order valence-corrected chi connectivity index (χ3v) is 7.63. The van der Waals surface area contributed by atoms with Gasteiger partial charge in [0.05, 0.1) is 10.9 Å². The van der Waals surface area contributed by atoms with E-state index in [0.29, 0.717) is 6.54 Å². The molecule has 1 aliphatic heterocycles. The maximum Gasteiger partial charge on any atom is 0.287 e. The fourth-order valence-electron chi connectivity index (χ4n) is 4.34. The summed E-state index contributed by atoms with van der Waals surface area (Å²) in [6, 6.07) is 14.8. The van der Waals surface area contributed by atoms with Gasteiger partial charge in [0.15, 0.2) is 5.78 Å². The molecule has 2 atom stereocenters. The molecule has 2 N–H and O–H groups in total. The highest BCUT2D eigenvalue weighted by molar-refractivity contribution is 7.89. The Morgan fingerprint density at radius 3 is 2.46 bits per heavy atom.